The molecule has 350 valence electrons. The van der Waals surface area contributed by atoms with E-state index in [1.165, 1.54) is 0 Å². The van der Waals surface area contributed by atoms with Gasteiger partial charge in [-0.2, -0.15) is 0 Å². The number of hydrogen-bond donors (Lipinski definition) is 0. The highest BCUT2D eigenvalue weighted by molar-refractivity contribution is 6.06. The molecule has 0 N–H and O–H groups in total. The van der Waals surface area contributed by atoms with Gasteiger partial charge in [0.05, 0.1) is 26.4 Å². The van der Waals surface area contributed by atoms with Gasteiger partial charge in [-0.05, 0) is 68.7 Å². The zero-order valence-electron chi connectivity index (χ0n) is 38.9. The number of Topliss-reactive ketones (excluding diaryl/α,β-unsaturated/α-hetero) is 4. The summed E-state index contributed by atoms with van der Waals surface area (Å²) in [7, 11) is 0. The molecule has 0 saturated heterocycles. The Morgan fingerprint density at radius 3 is 1.05 bits per heavy atom. The number of rotatable bonds is 14. The van der Waals surface area contributed by atoms with E-state index in [0.29, 0.717) is 32.8 Å². The average molecular weight is 847 g/mol. The summed E-state index contributed by atoms with van der Waals surface area (Å²) in [4.78, 5) is 92.2. The summed E-state index contributed by atoms with van der Waals surface area (Å²) < 4.78 is 19.2. The van der Waals surface area contributed by atoms with Crippen LogP contribution in [0.5, 0.6) is 0 Å². The number of esters is 4. The van der Waals surface area contributed by atoms with E-state index in [0.717, 1.165) is 5.57 Å². The number of carbonyl (C=O) groups is 8. The summed E-state index contributed by atoms with van der Waals surface area (Å²) in [5.74, 6) is -3.34. The Morgan fingerprint density at radius 1 is 0.492 bits per heavy atom. The first-order valence-electron chi connectivity index (χ1n) is 19.5. The number of ether oxygens (including phenoxy) is 4. The van der Waals surface area contributed by atoms with Crippen molar-refractivity contribution in [3.63, 3.8) is 0 Å². The fourth-order valence-corrected chi connectivity index (χ4v) is 4.45. The molecule has 0 bridgehead atoms. The summed E-state index contributed by atoms with van der Waals surface area (Å²) in [5, 5.41) is 0. The minimum atomic E-state index is -1.09. The molecule has 0 aliphatic heterocycles. The van der Waals surface area contributed by atoms with E-state index in [4.69, 9.17) is 14.2 Å². The maximum Gasteiger partial charge on any atom is 0.319 e. The molecule has 0 saturated carbocycles. The molecule has 0 rings (SSSR count). The minimum absolute atomic E-state index is 0. The second-order valence-corrected chi connectivity index (χ2v) is 17.9. The molecule has 3 unspecified atom stereocenters. The molecular weight excluding hydrogens is 757 g/mol. The van der Waals surface area contributed by atoms with Crippen molar-refractivity contribution in [2.75, 3.05) is 26.4 Å². The predicted molar refractivity (Wildman–Crippen MR) is 240 cm³/mol. The van der Waals surface area contributed by atoms with Crippen LogP contribution in [0.1, 0.15) is 181 Å². The van der Waals surface area contributed by atoms with Crippen molar-refractivity contribution in [1.82, 2.24) is 0 Å². The van der Waals surface area contributed by atoms with Crippen LogP contribution in [0.4, 0.5) is 0 Å². The van der Waals surface area contributed by atoms with E-state index >= 15 is 0 Å². The van der Waals surface area contributed by atoms with Crippen LogP contribution in [-0.4, -0.2) is 73.4 Å². The molecule has 0 radical (unpaired) electrons. The maximum absolute atomic E-state index is 12.5. The Kier molecular flexibility index (Phi) is 37.0. The average Bonchev–Trinajstić information content (AvgIpc) is 3.05. The van der Waals surface area contributed by atoms with Crippen LogP contribution in [0.15, 0.2) is 11.6 Å². The zero-order chi connectivity index (χ0) is 45.6. The van der Waals surface area contributed by atoms with Crippen LogP contribution in [0, 0.1) is 38.9 Å². The molecule has 0 aromatic heterocycles. The van der Waals surface area contributed by atoms with Crippen LogP contribution in [0.2, 0.25) is 0 Å². The molecule has 12 nitrogen and oxygen atoms in total. The summed E-state index contributed by atoms with van der Waals surface area (Å²) in [6.07, 6.45) is 2.20. The van der Waals surface area contributed by atoms with Gasteiger partial charge in [-0.25, -0.2) is 0 Å². The highest BCUT2D eigenvalue weighted by Gasteiger charge is 2.46. The van der Waals surface area contributed by atoms with Crippen molar-refractivity contribution >= 4 is 47.0 Å². The molecule has 0 spiro atoms. The molecule has 0 aliphatic carbocycles. The van der Waals surface area contributed by atoms with Crippen LogP contribution in [0.25, 0.3) is 0 Å². The molecule has 0 aromatic rings. The molecule has 0 aliphatic rings. The number of ketones is 4. The van der Waals surface area contributed by atoms with Crippen molar-refractivity contribution in [2.45, 2.75) is 181 Å². The van der Waals surface area contributed by atoms with Gasteiger partial charge in [-0.3, -0.25) is 38.4 Å². The Balaban J connectivity index is -0.000000122. The fraction of sp³-hybridized carbons (Fsp3) is 0.787. The van der Waals surface area contributed by atoms with Crippen molar-refractivity contribution in [3.05, 3.63) is 11.6 Å². The van der Waals surface area contributed by atoms with Gasteiger partial charge in [-0.1, -0.05) is 117 Å². The van der Waals surface area contributed by atoms with Crippen LogP contribution in [0.3, 0.4) is 0 Å². The smallest absolute Gasteiger partial charge is 0.319 e. The Morgan fingerprint density at radius 2 is 0.814 bits per heavy atom. The third kappa shape index (κ3) is 30.1. The summed E-state index contributed by atoms with van der Waals surface area (Å²) in [5.41, 5.74) is -1.97. The third-order valence-electron chi connectivity index (χ3n) is 7.82. The first kappa shape index (κ1) is 69.9. The van der Waals surface area contributed by atoms with Crippen molar-refractivity contribution in [1.29, 1.82) is 0 Å². The lowest BCUT2D eigenvalue weighted by Crippen LogP contribution is -2.44. The zero-order valence-corrected chi connectivity index (χ0v) is 38.9. The van der Waals surface area contributed by atoms with E-state index < -0.39 is 62.8 Å². The van der Waals surface area contributed by atoms with Crippen LogP contribution < -0.4 is 0 Å². The lowest BCUT2D eigenvalue weighted by Gasteiger charge is -2.31. The fourth-order valence-electron chi connectivity index (χ4n) is 4.45. The first-order chi connectivity index (χ1) is 25.0. The first-order valence-corrected chi connectivity index (χ1v) is 19.5. The molecule has 59 heavy (non-hydrogen) atoms. The highest BCUT2D eigenvalue weighted by atomic mass is 16.5. The molecule has 12 heteroatoms. The van der Waals surface area contributed by atoms with Gasteiger partial charge < -0.3 is 18.9 Å². The van der Waals surface area contributed by atoms with Crippen molar-refractivity contribution in [3.8, 4) is 0 Å². The SMILES string of the molecule is C.C.C.CCOC(=O)C(C)(CC=C(C)C)C(=O)C(C)(C)C.CCOC(=O)C(C)C(=O)C(C)(C)C.CCOC(=O)C(C)C(=O)C(C)(C)C.CCOC(=O)CC(=O)C(C)(C)C. The maximum atomic E-state index is 12.5. The second-order valence-electron chi connectivity index (χ2n) is 17.9. The second kappa shape index (κ2) is 31.2. The van der Waals surface area contributed by atoms with Gasteiger partial charge in [0, 0.05) is 21.7 Å². The van der Waals surface area contributed by atoms with Gasteiger partial charge in [0.1, 0.15) is 29.5 Å². The number of allylic oxidation sites excluding steroid dienone is 2. The van der Waals surface area contributed by atoms with E-state index in [1.807, 2.05) is 40.7 Å². The number of hydrogen-bond acceptors (Lipinski definition) is 12. The molecule has 0 heterocycles. The summed E-state index contributed by atoms with van der Waals surface area (Å²) in [6.45, 7) is 38.6. The highest BCUT2D eigenvalue weighted by Crippen LogP contribution is 2.34. The molecule has 0 amide bonds. The van der Waals surface area contributed by atoms with Gasteiger partial charge in [0.15, 0.2) is 17.3 Å². The topological polar surface area (TPSA) is 173 Å². The summed E-state index contributed by atoms with van der Waals surface area (Å²) in [6, 6.07) is 0. The normalized spacial score (nSPS) is 12.7. The monoisotopic (exact) mass is 847 g/mol. The molecule has 3 atom stereocenters. The van der Waals surface area contributed by atoms with Gasteiger partial charge in [0.25, 0.3) is 0 Å². The quantitative estimate of drug-likeness (QED) is 0.0701. The molecule has 0 fully saturated rings. The molecular formula is C47H90O12. The molecule has 0 aromatic carbocycles. The Bertz CT molecular complexity index is 1280. The minimum Gasteiger partial charge on any atom is -0.466 e. The number of carbonyl (C=O) groups excluding carboxylic acids is 8. The van der Waals surface area contributed by atoms with Crippen molar-refractivity contribution in [2.24, 2.45) is 38.9 Å². The van der Waals surface area contributed by atoms with E-state index in [9.17, 15) is 38.4 Å². The van der Waals surface area contributed by atoms with E-state index in [2.05, 4.69) is 4.74 Å². The van der Waals surface area contributed by atoms with Gasteiger partial charge in [0.2, 0.25) is 0 Å². The van der Waals surface area contributed by atoms with E-state index in [-0.39, 0.29) is 51.8 Å². The lowest BCUT2D eigenvalue weighted by molar-refractivity contribution is -0.162. The third-order valence-corrected chi connectivity index (χ3v) is 7.82. The Labute approximate surface area is 361 Å². The van der Waals surface area contributed by atoms with Crippen LogP contribution >= 0.6 is 0 Å². The lowest BCUT2D eigenvalue weighted by atomic mass is 9.71. The largest absolute Gasteiger partial charge is 0.466 e. The van der Waals surface area contributed by atoms with Gasteiger partial charge in [-0.15, -0.1) is 0 Å². The van der Waals surface area contributed by atoms with Crippen LogP contribution in [-0.2, 0) is 57.3 Å². The summed E-state index contributed by atoms with van der Waals surface area (Å²) >= 11 is 0. The predicted octanol–water partition coefficient (Wildman–Crippen LogP) is 10.6. The Hall–Kier alpha value is -3.70. The van der Waals surface area contributed by atoms with E-state index in [1.54, 1.807) is 111 Å². The standard InChI is InChI=1S/C15H26O3.2C10H18O3.C9H16O3.3CH4/c1-8-18-13(17)15(7,10-9-11(2)3)12(16)14(4,5)6;2*1-6-13-9(12)7(2)8(11)10(3,4)5;1-5-12-8(11)6-7(10)9(2,3)4;;;/h9H,8,10H2,1-7H3;2*7H,6H2,1-5H3;5-6H2,1-4H3;3*1H4. The van der Waals surface area contributed by atoms with Gasteiger partial charge >= 0.3 is 23.9 Å². The van der Waals surface area contributed by atoms with Crippen molar-refractivity contribution < 1.29 is 57.3 Å².